The average molecular weight is 256 g/mol. The number of hydrogen-bond acceptors (Lipinski definition) is 3. The summed E-state index contributed by atoms with van der Waals surface area (Å²) in [6, 6.07) is 0.165. The molecule has 1 fully saturated rings. The van der Waals surface area contributed by atoms with E-state index in [2.05, 4.69) is 24.1 Å². The number of carbonyl (C=O) groups is 1. The zero-order chi connectivity index (χ0) is 13.5. The lowest BCUT2D eigenvalue weighted by Crippen LogP contribution is -2.47. The number of nitrogens with one attached hydrogen (secondary N) is 1. The van der Waals surface area contributed by atoms with Crippen molar-refractivity contribution in [2.75, 3.05) is 26.8 Å². The van der Waals surface area contributed by atoms with Gasteiger partial charge in [0.1, 0.15) is 0 Å². The highest BCUT2D eigenvalue weighted by atomic mass is 16.5. The monoisotopic (exact) mass is 256 g/mol. The quantitative estimate of drug-likeness (QED) is 0.753. The van der Waals surface area contributed by atoms with Crippen molar-refractivity contribution in [1.29, 1.82) is 0 Å². The summed E-state index contributed by atoms with van der Waals surface area (Å²) in [6.45, 7) is 9.11. The van der Waals surface area contributed by atoms with Crippen LogP contribution < -0.4 is 5.32 Å². The molecule has 1 unspecified atom stereocenters. The van der Waals surface area contributed by atoms with Crippen LogP contribution in [0, 0.1) is 5.92 Å². The van der Waals surface area contributed by atoms with Crippen molar-refractivity contribution in [2.24, 2.45) is 5.92 Å². The number of amides is 1. The molecule has 0 aromatic carbocycles. The van der Waals surface area contributed by atoms with Crippen LogP contribution >= 0.6 is 0 Å². The Bertz CT molecular complexity index is 256. The van der Waals surface area contributed by atoms with Crippen molar-refractivity contribution in [3.8, 4) is 0 Å². The zero-order valence-corrected chi connectivity index (χ0v) is 12.2. The Morgan fingerprint density at radius 2 is 2.17 bits per heavy atom. The smallest absolute Gasteiger partial charge is 0.237 e. The Labute approximate surface area is 111 Å². The standard InChI is InChI=1S/C14H28N2O2/c1-11(2)7-9-16-8-5-6-13(16)14(17)15-12(3)10-18-4/h11-13H,5-10H2,1-4H3,(H,15,17)/t12?,13-/m0/s1. The fourth-order valence-corrected chi connectivity index (χ4v) is 2.45. The molecule has 18 heavy (non-hydrogen) atoms. The number of hydrogen-bond donors (Lipinski definition) is 1. The second kappa shape index (κ2) is 7.74. The zero-order valence-electron chi connectivity index (χ0n) is 12.2. The third kappa shape index (κ3) is 4.94. The van der Waals surface area contributed by atoms with Gasteiger partial charge in [0, 0.05) is 13.2 Å². The van der Waals surface area contributed by atoms with Gasteiger partial charge in [-0.25, -0.2) is 0 Å². The molecular formula is C14H28N2O2. The van der Waals surface area contributed by atoms with Crippen molar-refractivity contribution < 1.29 is 9.53 Å². The van der Waals surface area contributed by atoms with Gasteiger partial charge in [-0.05, 0) is 45.2 Å². The van der Waals surface area contributed by atoms with Crippen LogP contribution in [0.5, 0.6) is 0 Å². The molecule has 0 spiro atoms. The minimum atomic E-state index is 0.0723. The Morgan fingerprint density at radius 3 is 2.78 bits per heavy atom. The van der Waals surface area contributed by atoms with Gasteiger partial charge in [0.2, 0.25) is 5.91 Å². The Morgan fingerprint density at radius 1 is 1.44 bits per heavy atom. The fraction of sp³-hybridized carbons (Fsp3) is 0.929. The van der Waals surface area contributed by atoms with E-state index in [0.29, 0.717) is 12.5 Å². The van der Waals surface area contributed by atoms with E-state index in [-0.39, 0.29) is 18.0 Å². The van der Waals surface area contributed by atoms with E-state index in [1.54, 1.807) is 7.11 Å². The molecule has 1 aliphatic rings. The summed E-state index contributed by atoms with van der Waals surface area (Å²) in [5.74, 6) is 0.863. The minimum Gasteiger partial charge on any atom is -0.383 e. The van der Waals surface area contributed by atoms with Crippen molar-refractivity contribution in [1.82, 2.24) is 10.2 Å². The predicted molar refractivity (Wildman–Crippen MR) is 73.5 cm³/mol. The first kappa shape index (κ1) is 15.4. The van der Waals surface area contributed by atoms with Crippen molar-refractivity contribution in [3.05, 3.63) is 0 Å². The molecule has 2 atom stereocenters. The molecule has 1 rings (SSSR count). The highest BCUT2D eigenvalue weighted by Gasteiger charge is 2.30. The predicted octanol–water partition coefficient (Wildman–Crippen LogP) is 1.65. The van der Waals surface area contributed by atoms with Crippen molar-refractivity contribution >= 4 is 5.91 Å². The highest BCUT2D eigenvalue weighted by molar-refractivity contribution is 5.82. The van der Waals surface area contributed by atoms with Gasteiger partial charge in [0.15, 0.2) is 0 Å². The van der Waals surface area contributed by atoms with E-state index >= 15 is 0 Å². The maximum atomic E-state index is 12.2. The van der Waals surface area contributed by atoms with E-state index in [0.717, 1.165) is 32.4 Å². The summed E-state index contributed by atoms with van der Waals surface area (Å²) in [5.41, 5.74) is 0. The molecule has 0 bridgehead atoms. The Balaban J connectivity index is 2.40. The van der Waals surface area contributed by atoms with Gasteiger partial charge in [-0.15, -0.1) is 0 Å². The molecule has 0 aliphatic carbocycles. The van der Waals surface area contributed by atoms with Gasteiger partial charge >= 0.3 is 0 Å². The number of ether oxygens (including phenoxy) is 1. The number of methoxy groups -OCH3 is 1. The number of nitrogens with zero attached hydrogens (tertiary/aromatic N) is 1. The molecule has 4 heteroatoms. The van der Waals surface area contributed by atoms with Gasteiger partial charge in [-0.2, -0.15) is 0 Å². The Kier molecular flexibility index (Phi) is 6.65. The lowest BCUT2D eigenvalue weighted by atomic mass is 10.1. The summed E-state index contributed by atoms with van der Waals surface area (Å²) >= 11 is 0. The first-order valence-corrected chi connectivity index (χ1v) is 7.08. The molecule has 0 saturated carbocycles. The second-order valence-electron chi connectivity index (χ2n) is 5.74. The molecule has 1 aliphatic heterocycles. The van der Waals surface area contributed by atoms with Gasteiger partial charge in [0.25, 0.3) is 0 Å². The van der Waals surface area contributed by atoms with Crippen molar-refractivity contribution in [3.63, 3.8) is 0 Å². The summed E-state index contributed by atoms with van der Waals surface area (Å²) in [7, 11) is 1.66. The summed E-state index contributed by atoms with van der Waals surface area (Å²) in [4.78, 5) is 14.5. The van der Waals surface area contributed by atoms with Crippen LogP contribution in [0.3, 0.4) is 0 Å². The van der Waals surface area contributed by atoms with Crippen LogP contribution in [0.15, 0.2) is 0 Å². The molecule has 0 aromatic rings. The lowest BCUT2D eigenvalue weighted by molar-refractivity contribution is -0.126. The van der Waals surface area contributed by atoms with E-state index in [1.165, 1.54) is 0 Å². The highest BCUT2D eigenvalue weighted by Crippen LogP contribution is 2.18. The molecule has 1 heterocycles. The van der Waals surface area contributed by atoms with Crippen LogP contribution in [0.2, 0.25) is 0 Å². The third-order valence-corrected chi connectivity index (χ3v) is 3.47. The van der Waals surface area contributed by atoms with E-state index < -0.39 is 0 Å². The van der Waals surface area contributed by atoms with Gasteiger partial charge in [-0.3, -0.25) is 9.69 Å². The minimum absolute atomic E-state index is 0.0723. The van der Waals surface area contributed by atoms with Gasteiger partial charge in [0.05, 0.1) is 12.6 Å². The maximum absolute atomic E-state index is 12.2. The fourth-order valence-electron chi connectivity index (χ4n) is 2.45. The normalized spacial score (nSPS) is 22.4. The Hall–Kier alpha value is -0.610. The molecule has 0 aromatic heterocycles. The molecule has 4 nitrogen and oxygen atoms in total. The van der Waals surface area contributed by atoms with Crippen molar-refractivity contribution in [2.45, 2.75) is 52.1 Å². The summed E-state index contributed by atoms with van der Waals surface area (Å²) in [5, 5.41) is 3.03. The lowest BCUT2D eigenvalue weighted by Gasteiger charge is -2.25. The van der Waals surface area contributed by atoms with E-state index in [4.69, 9.17) is 4.74 Å². The maximum Gasteiger partial charge on any atom is 0.237 e. The first-order chi connectivity index (χ1) is 8.54. The van der Waals surface area contributed by atoms with E-state index in [9.17, 15) is 4.79 Å². The largest absolute Gasteiger partial charge is 0.383 e. The summed E-state index contributed by atoms with van der Waals surface area (Å²) in [6.07, 6.45) is 3.29. The number of likely N-dealkylation sites (tertiary alicyclic amines) is 1. The SMILES string of the molecule is COCC(C)NC(=O)[C@@H]1CCCN1CCC(C)C. The number of carbonyl (C=O) groups excluding carboxylic acids is 1. The molecule has 1 saturated heterocycles. The first-order valence-electron chi connectivity index (χ1n) is 7.08. The molecule has 1 amide bonds. The topological polar surface area (TPSA) is 41.6 Å². The molecule has 106 valence electrons. The van der Waals surface area contributed by atoms with E-state index in [1.807, 2.05) is 6.92 Å². The van der Waals surface area contributed by atoms with Gasteiger partial charge < -0.3 is 10.1 Å². The second-order valence-corrected chi connectivity index (χ2v) is 5.74. The molecular weight excluding hydrogens is 228 g/mol. The average Bonchev–Trinajstić information content (AvgIpc) is 2.74. The van der Waals surface area contributed by atoms with Crippen LogP contribution in [0.4, 0.5) is 0 Å². The van der Waals surface area contributed by atoms with Crippen LogP contribution in [-0.4, -0.2) is 49.7 Å². The van der Waals surface area contributed by atoms with Crippen LogP contribution in [0.1, 0.15) is 40.0 Å². The molecule has 0 radical (unpaired) electrons. The van der Waals surface area contributed by atoms with Crippen LogP contribution in [-0.2, 0) is 9.53 Å². The molecule has 1 N–H and O–H groups in total. The van der Waals surface area contributed by atoms with Crippen LogP contribution in [0.25, 0.3) is 0 Å². The summed E-state index contributed by atoms with van der Waals surface area (Å²) < 4.78 is 5.04. The number of rotatable bonds is 7. The third-order valence-electron chi connectivity index (χ3n) is 3.47. The van der Waals surface area contributed by atoms with Gasteiger partial charge in [-0.1, -0.05) is 13.8 Å².